The molecule has 1 aromatic heterocycles. The summed E-state index contributed by atoms with van der Waals surface area (Å²) < 4.78 is 44.5. The van der Waals surface area contributed by atoms with Crippen LogP contribution in [0.15, 0.2) is 34.8 Å². The van der Waals surface area contributed by atoms with Crippen molar-refractivity contribution >= 4 is 15.9 Å². The molecule has 0 fully saturated rings. The van der Waals surface area contributed by atoms with Crippen molar-refractivity contribution in [3.8, 4) is 11.6 Å². The number of nitrogens with zero attached hydrogens (tertiary/aromatic N) is 1. The molecular formula is C14H12BrF3N2O. The minimum absolute atomic E-state index is 0.0377. The second kappa shape index (κ2) is 6.03. The van der Waals surface area contributed by atoms with E-state index in [1.807, 2.05) is 6.92 Å². The lowest BCUT2D eigenvalue weighted by Crippen LogP contribution is -2.10. The van der Waals surface area contributed by atoms with Gasteiger partial charge in [-0.3, -0.25) is 0 Å². The van der Waals surface area contributed by atoms with Gasteiger partial charge in [0.2, 0.25) is 5.88 Å². The summed E-state index contributed by atoms with van der Waals surface area (Å²) in [6, 6.07) is 7.25. The third-order valence-corrected chi connectivity index (χ3v) is 3.68. The smallest absolute Gasteiger partial charge is 0.433 e. The summed E-state index contributed by atoms with van der Waals surface area (Å²) in [5.74, 6) is 0.270. The molecule has 0 atom stereocenters. The molecule has 0 radical (unpaired) electrons. The fourth-order valence-electron chi connectivity index (χ4n) is 1.66. The Hall–Kier alpha value is -1.60. The van der Waals surface area contributed by atoms with Crippen LogP contribution in [0, 0.1) is 6.92 Å². The van der Waals surface area contributed by atoms with Gasteiger partial charge in [-0.1, -0.05) is 22.0 Å². The molecular weight excluding hydrogens is 349 g/mol. The van der Waals surface area contributed by atoms with Gasteiger partial charge in [0.1, 0.15) is 11.4 Å². The number of pyridine rings is 1. The van der Waals surface area contributed by atoms with E-state index in [2.05, 4.69) is 20.9 Å². The van der Waals surface area contributed by atoms with Gasteiger partial charge in [-0.25, -0.2) is 4.98 Å². The second-order valence-electron chi connectivity index (χ2n) is 4.38. The minimum Gasteiger partial charge on any atom is -0.439 e. The molecule has 7 heteroatoms. The maximum absolute atomic E-state index is 12.7. The Labute approximate surface area is 128 Å². The highest BCUT2D eigenvalue weighted by atomic mass is 79.9. The average Bonchev–Trinajstić information content (AvgIpc) is 2.42. The third-order valence-electron chi connectivity index (χ3n) is 2.79. The predicted octanol–water partition coefficient (Wildman–Crippen LogP) is 4.42. The van der Waals surface area contributed by atoms with Crippen LogP contribution in [0.5, 0.6) is 11.6 Å². The summed E-state index contributed by atoms with van der Waals surface area (Å²) in [5.41, 5.74) is 5.80. The van der Waals surface area contributed by atoms with Crippen molar-refractivity contribution < 1.29 is 17.9 Å². The number of benzene rings is 1. The first-order valence-electron chi connectivity index (χ1n) is 6.02. The van der Waals surface area contributed by atoms with E-state index in [0.29, 0.717) is 11.3 Å². The number of alkyl halides is 3. The number of nitrogens with two attached hydrogens (primary N) is 1. The second-order valence-corrected chi connectivity index (χ2v) is 5.23. The van der Waals surface area contributed by atoms with Crippen LogP contribution in [0.4, 0.5) is 13.2 Å². The number of aromatic nitrogens is 1. The summed E-state index contributed by atoms with van der Waals surface area (Å²) >= 11 is 3.34. The number of ether oxygens (including phenoxy) is 1. The molecule has 0 aliphatic heterocycles. The summed E-state index contributed by atoms with van der Waals surface area (Å²) in [5, 5.41) is 0. The van der Waals surface area contributed by atoms with Gasteiger partial charge in [0.05, 0.1) is 0 Å². The Balaban J connectivity index is 2.39. The van der Waals surface area contributed by atoms with Crippen LogP contribution in [0.25, 0.3) is 0 Å². The quantitative estimate of drug-likeness (QED) is 0.880. The summed E-state index contributed by atoms with van der Waals surface area (Å²) in [6.45, 7) is 1.89. The monoisotopic (exact) mass is 360 g/mol. The number of hydrogen-bond acceptors (Lipinski definition) is 3. The maximum Gasteiger partial charge on any atom is 0.433 e. The van der Waals surface area contributed by atoms with Gasteiger partial charge in [0, 0.05) is 16.6 Å². The number of hydrogen-bond donors (Lipinski definition) is 1. The zero-order valence-corrected chi connectivity index (χ0v) is 12.6. The fraction of sp³-hybridized carbons (Fsp3) is 0.214. The van der Waals surface area contributed by atoms with Crippen molar-refractivity contribution in [3.63, 3.8) is 0 Å². The first-order valence-corrected chi connectivity index (χ1v) is 6.81. The molecule has 0 aliphatic carbocycles. The molecule has 21 heavy (non-hydrogen) atoms. The molecule has 0 saturated carbocycles. The van der Waals surface area contributed by atoms with E-state index in [1.165, 1.54) is 6.07 Å². The van der Waals surface area contributed by atoms with Crippen molar-refractivity contribution in [2.24, 2.45) is 5.73 Å². The Morgan fingerprint density at radius 1 is 1.24 bits per heavy atom. The lowest BCUT2D eigenvalue weighted by Gasteiger charge is -2.13. The summed E-state index contributed by atoms with van der Waals surface area (Å²) in [6.07, 6.45) is -4.53. The minimum atomic E-state index is -4.53. The van der Waals surface area contributed by atoms with Crippen molar-refractivity contribution in [3.05, 3.63) is 51.6 Å². The molecule has 0 aliphatic rings. The molecule has 0 bridgehead atoms. The Bertz CT molecular complexity index is 659. The molecule has 0 saturated heterocycles. The predicted molar refractivity (Wildman–Crippen MR) is 76.1 cm³/mol. The van der Waals surface area contributed by atoms with E-state index in [1.54, 1.807) is 18.2 Å². The number of aryl methyl sites for hydroxylation is 1. The molecule has 2 aromatic rings. The van der Waals surface area contributed by atoms with Crippen LogP contribution in [0.2, 0.25) is 0 Å². The van der Waals surface area contributed by atoms with Gasteiger partial charge >= 0.3 is 6.18 Å². The van der Waals surface area contributed by atoms with Crippen molar-refractivity contribution in [1.29, 1.82) is 0 Å². The van der Waals surface area contributed by atoms with E-state index in [9.17, 15) is 13.2 Å². The Morgan fingerprint density at radius 2 is 1.95 bits per heavy atom. The van der Waals surface area contributed by atoms with Crippen molar-refractivity contribution in [2.75, 3.05) is 0 Å². The van der Waals surface area contributed by atoms with Gasteiger partial charge in [-0.2, -0.15) is 13.2 Å². The first kappa shape index (κ1) is 15.8. The maximum atomic E-state index is 12.7. The highest BCUT2D eigenvalue weighted by molar-refractivity contribution is 9.10. The van der Waals surface area contributed by atoms with Crippen molar-refractivity contribution in [1.82, 2.24) is 4.98 Å². The van der Waals surface area contributed by atoms with Crippen LogP contribution >= 0.6 is 15.9 Å². The topological polar surface area (TPSA) is 48.1 Å². The zero-order valence-electron chi connectivity index (χ0n) is 11.0. The molecule has 1 aromatic carbocycles. The first-order chi connectivity index (χ1) is 9.81. The highest BCUT2D eigenvalue weighted by Gasteiger charge is 2.33. The molecule has 0 unspecified atom stereocenters. The lowest BCUT2D eigenvalue weighted by atomic mass is 10.2. The van der Waals surface area contributed by atoms with Gasteiger partial charge < -0.3 is 10.5 Å². The average molecular weight is 361 g/mol. The van der Waals surface area contributed by atoms with Crippen molar-refractivity contribution in [2.45, 2.75) is 19.6 Å². The van der Waals surface area contributed by atoms with E-state index in [0.717, 1.165) is 16.1 Å². The molecule has 3 nitrogen and oxygen atoms in total. The summed E-state index contributed by atoms with van der Waals surface area (Å²) in [4.78, 5) is 3.52. The molecule has 2 rings (SSSR count). The van der Waals surface area contributed by atoms with Crippen LogP contribution in [-0.2, 0) is 12.7 Å². The van der Waals surface area contributed by atoms with Gasteiger partial charge in [-0.15, -0.1) is 0 Å². The lowest BCUT2D eigenvalue weighted by molar-refractivity contribution is -0.141. The van der Waals surface area contributed by atoms with Crippen LogP contribution < -0.4 is 10.5 Å². The van der Waals surface area contributed by atoms with E-state index in [4.69, 9.17) is 10.5 Å². The third kappa shape index (κ3) is 3.74. The number of halogens is 4. The molecule has 0 spiro atoms. The Kier molecular flexibility index (Phi) is 4.53. The molecule has 1 heterocycles. The Morgan fingerprint density at radius 3 is 2.52 bits per heavy atom. The van der Waals surface area contributed by atoms with Crippen LogP contribution in [0.1, 0.15) is 16.8 Å². The van der Waals surface area contributed by atoms with E-state index >= 15 is 0 Å². The standard InChI is InChI=1S/C14H12BrF3N2O/c1-8-6-10(3-4-11(8)15)21-13-9(7-19)2-5-12(20-13)14(16,17)18/h2-6H,7,19H2,1H3. The normalized spacial score (nSPS) is 11.5. The van der Waals surface area contributed by atoms with Gasteiger partial charge in [0.15, 0.2) is 0 Å². The highest BCUT2D eigenvalue weighted by Crippen LogP contribution is 2.32. The van der Waals surface area contributed by atoms with Crippen LogP contribution in [0.3, 0.4) is 0 Å². The largest absolute Gasteiger partial charge is 0.439 e. The molecule has 2 N–H and O–H groups in total. The van der Waals surface area contributed by atoms with Crippen LogP contribution in [-0.4, -0.2) is 4.98 Å². The fourth-order valence-corrected chi connectivity index (χ4v) is 1.91. The number of rotatable bonds is 3. The molecule has 0 amide bonds. The van der Waals surface area contributed by atoms with Gasteiger partial charge in [-0.05, 0) is 36.8 Å². The molecule has 112 valence electrons. The van der Waals surface area contributed by atoms with Gasteiger partial charge in [0.25, 0.3) is 0 Å². The summed E-state index contributed by atoms with van der Waals surface area (Å²) in [7, 11) is 0. The zero-order chi connectivity index (χ0) is 15.6. The SMILES string of the molecule is Cc1cc(Oc2nc(C(F)(F)F)ccc2CN)ccc1Br. The van der Waals surface area contributed by atoms with E-state index in [-0.39, 0.29) is 12.4 Å². The van der Waals surface area contributed by atoms with E-state index < -0.39 is 11.9 Å².